The van der Waals surface area contributed by atoms with Gasteiger partial charge in [-0.05, 0) is 45.9 Å². The fraction of sp³-hybridized carbons (Fsp3) is 0.259. The number of hydrogen-bond acceptors (Lipinski definition) is 4. The Morgan fingerprint density at radius 3 is 2.12 bits per heavy atom. The summed E-state index contributed by atoms with van der Waals surface area (Å²) in [5.41, 5.74) is 3.18. The number of nitrogens with one attached hydrogen (secondary N) is 1. The largest absolute Gasteiger partial charge is 0.497 e. The van der Waals surface area contributed by atoms with Crippen molar-refractivity contribution in [2.75, 3.05) is 13.7 Å². The number of rotatable bonds is 7. The van der Waals surface area contributed by atoms with Gasteiger partial charge in [0, 0.05) is 5.92 Å². The topological polar surface area (TPSA) is 84.9 Å². The molecule has 1 aliphatic carbocycles. The molecule has 170 valence electrons. The van der Waals surface area contributed by atoms with Crippen LogP contribution in [0.15, 0.2) is 72.8 Å². The minimum atomic E-state index is -1.67. The third-order valence-electron chi connectivity index (χ3n) is 6.37. The van der Waals surface area contributed by atoms with Crippen molar-refractivity contribution in [3.63, 3.8) is 0 Å². The molecule has 0 spiro atoms. The van der Waals surface area contributed by atoms with E-state index in [2.05, 4.69) is 17.4 Å². The summed E-state index contributed by atoms with van der Waals surface area (Å²) in [4.78, 5) is 25.4. The fourth-order valence-corrected chi connectivity index (χ4v) is 4.64. The molecule has 1 aliphatic rings. The Bertz CT molecular complexity index is 1140. The smallest absolute Gasteiger partial charge is 0.408 e. The highest BCUT2D eigenvalue weighted by Gasteiger charge is 2.46. The number of methoxy groups -OCH3 is 1. The molecular weight excluding hydrogens is 418 g/mol. The lowest BCUT2D eigenvalue weighted by Crippen LogP contribution is -2.55. The van der Waals surface area contributed by atoms with Crippen molar-refractivity contribution in [3.05, 3.63) is 89.5 Å². The molecule has 3 aromatic carbocycles. The van der Waals surface area contributed by atoms with Gasteiger partial charge >= 0.3 is 12.1 Å². The van der Waals surface area contributed by atoms with Gasteiger partial charge in [-0.1, -0.05) is 74.5 Å². The number of carbonyl (C=O) groups is 2. The van der Waals surface area contributed by atoms with E-state index < -0.39 is 23.5 Å². The van der Waals surface area contributed by atoms with Crippen molar-refractivity contribution >= 4 is 12.1 Å². The van der Waals surface area contributed by atoms with Crippen LogP contribution in [0, 0.1) is 5.92 Å². The number of carboxylic acid groups (broad SMARTS) is 1. The molecule has 0 bridgehead atoms. The van der Waals surface area contributed by atoms with Gasteiger partial charge in [-0.15, -0.1) is 0 Å². The standard InChI is InChI=1S/C27H27NO5/c1-17(2)27(25(29)30,18-9-8-10-19(15-18)32-3)28-26(31)33-16-24-22-13-6-4-11-20(22)21-12-5-7-14-23(21)24/h4-15,17,24H,16H2,1-3H3,(H,28,31)(H,29,30)/t27-/m1/s1. The maximum absolute atomic E-state index is 12.9. The summed E-state index contributed by atoms with van der Waals surface area (Å²) in [6.45, 7) is 3.60. The second-order valence-corrected chi connectivity index (χ2v) is 8.45. The maximum atomic E-state index is 12.9. The van der Waals surface area contributed by atoms with E-state index in [-0.39, 0.29) is 12.5 Å². The molecule has 6 nitrogen and oxygen atoms in total. The normalized spacial score (nSPS) is 14.2. The highest BCUT2D eigenvalue weighted by Crippen LogP contribution is 2.44. The Kier molecular flexibility index (Phi) is 6.09. The number of aliphatic carboxylic acids is 1. The van der Waals surface area contributed by atoms with Gasteiger partial charge in [-0.2, -0.15) is 0 Å². The second kappa shape index (κ2) is 8.98. The first-order valence-corrected chi connectivity index (χ1v) is 10.9. The number of amides is 1. The molecule has 0 unspecified atom stereocenters. The first-order chi connectivity index (χ1) is 15.9. The van der Waals surface area contributed by atoms with E-state index in [4.69, 9.17) is 9.47 Å². The van der Waals surface area contributed by atoms with Crippen molar-refractivity contribution in [2.24, 2.45) is 5.92 Å². The zero-order valence-electron chi connectivity index (χ0n) is 18.9. The Morgan fingerprint density at radius 1 is 0.970 bits per heavy atom. The van der Waals surface area contributed by atoms with E-state index in [9.17, 15) is 14.7 Å². The Labute approximate surface area is 193 Å². The molecule has 6 heteroatoms. The molecule has 0 radical (unpaired) electrons. The van der Waals surface area contributed by atoms with Crippen LogP contribution in [0.3, 0.4) is 0 Å². The van der Waals surface area contributed by atoms with Crippen LogP contribution in [-0.4, -0.2) is 30.9 Å². The number of hydrogen-bond donors (Lipinski definition) is 2. The lowest BCUT2D eigenvalue weighted by atomic mass is 9.79. The fourth-order valence-electron chi connectivity index (χ4n) is 4.64. The molecule has 2 N–H and O–H groups in total. The van der Waals surface area contributed by atoms with Gasteiger partial charge in [-0.3, -0.25) is 0 Å². The molecule has 0 aromatic heterocycles. The molecule has 4 rings (SSSR count). The monoisotopic (exact) mass is 445 g/mol. The van der Waals surface area contributed by atoms with E-state index >= 15 is 0 Å². The van der Waals surface area contributed by atoms with Gasteiger partial charge in [0.1, 0.15) is 12.4 Å². The summed E-state index contributed by atoms with van der Waals surface area (Å²) in [6, 6.07) is 22.8. The summed E-state index contributed by atoms with van der Waals surface area (Å²) in [5, 5.41) is 12.8. The van der Waals surface area contributed by atoms with E-state index in [1.165, 1.54) is 7.11 Å². The van der Waals surface area contributed by atoms with Crippen LogP contribution < -0.4 is 10.1 Å². The first kappa shape index (κ1) is 22.4. The van der Waals surface area contributed by atoms with Crippen molar-refractivity contribution in [1.29, 1.82) is 0 Å². The Balaban J connectivity index is 1.59. The average molecular weight is 446 g/mol. The maximum Gasteiger partial charge on any atom is 0.408 e. The lowest BCUT2D eigenvalue weighted by Gasteiger charge is -2.34. The van der Waals surface area contributed by atoms with Crippen molar-refractivity contribution in [1.82, 2.24) is 5.32 Å². The molecular formula is C27H27NO5. The van der Waals surface area contributed by atoms with E-state index in [0.29, 0.717) is 11.3 Å². The SMILES string of the molecule is COc1cccc([C@@](NC(=O)OCC2c3ccccc3-c3ccccc32)(C(=O)O)C(C)C)c1. The highest BCUT2D eigenvalue weighted by molar-refractivity contribution is 5.86. The number of carbonyl (C=O) groups excluding carboxylic acids is 1. The summed E-state index contributed by atoms with van der Waals surface area (Å²) in [5.74, 6) is -1.23. The summed E-state index contributed by atoms with van der Waals surface area (Å²) in [7, 11) is 1.51. The Hall–Kier alpha value is -3.80. The quantitative estimate of drug-likeness (QED) is 0.524. The van der Waals surface area contributed by atoms with Crippen molar-refractivity contribution < 1.29 is 24.2 Å². The molecule has 0 fully saturated rings. The molecule has 1 amide bonds. The van der Waals surface area contributed by atoms with Gasteiger partial charge < -0.3 is 19.9 Å². The van der Waals surface area contributed by atoms with Crippen LogP contribution in [0.4, 0.5) is 4.79 Å². The van der Waals surface area contributed by atoms with Crippen molar-refractivity contribution in [2.45, 2.75) is 25.3 Å². The van der Waals surface area contributed by atoms with Crippen LogP contribution >= 0.6 is 0 Å². The Morgan fingerprint density at radius 2 is 1.58 bits per heavy atom. The zero-order valence-corrected chi connectivity index (χ0v) is 18.9. The molecule has 0 saturated carbocycles. The van der Waals surface area contributed by atoms with Crippen LogP contribution in [0.2, 0.25) is 0 Å². The summed E-state index contributed by atoms with van der Waals surface area (Å²) in [6.07, 6.45) is -0.782. The van der Waals surface area contributed by atoms with Gasteiger partial charge in [-0.25, -0.2) is 9.59 Å². The van der Waals surface area contributed by atoms with Crippen LogP contribution in [0.25, 0.3) is 11.1 Å². The number of ether oxygens (including phenoxy) is 2. The minimum absolute atomic E-state index is 0.103. The van der Waals surface area contributed by atoms with Crippen molar-refractivity contribution in [3.8, 4) is 16.9 Å². The molecule has 3 aromatic rings. The third kappa shape index (κ3) is 3.93. The van der Waals surface area contributed by atoms with Gasteiger partial charge in [0.05, 0.1) is 7.11 Å². The molecule has 1 atom stereocenters. The van der Waals surface area contributed by atoms with Crippen LogP contribution in [0.5, 0.6) is 5.75 Å². The number of benzene rings is 3. The van der Waals surface area contributed by atoms with E-state index in [1.54, 1.807) is 38.1 Å². The molecule has 0 aliphatic heterocycles. The highest BCUT2D eigenvalue weighted by atomic mass is 16.5. The lowest BCUT2D eigenvalue weighted by molar-refractivity contribution is -0.147. The minimum Gasteiger partial charge on any atom is -0.497 e. The molecule has 33 heavy (non-hydrogen) atoms. The summed E-state index contributed by atoms with van der Waals surface area (Å²) >= 11 is 0. The number of fused-ring (bicyclic) bond motifs is 3. The van der Waals surface area contributed by atoms with E-state index in [1.807, 2.05) is 36.4 Å². The summed E-state index contributed by atoms with van der Waals surface area (Å²) < 4.78 is 10.9. The number of alkyl carbamates (subject to hydrolysis) is 1. The zero-order chi connectivity index (χ0) is 23.6. The van der Waals surface area contributed by atoms with Crippen LogP contribution in [-0.2, 0) is 15.1 Å². The second-order valence-electron chi connectivity index (χ2n) is 8.45. The first-order valence-electron chi connectivity index (χ1n) is 10.9. The van der Waals surface area contributed by atoms with Crippen LogP contribution in [0.1, 0.15) is 36.5 Å². The predicted molar refractivity (Wildman–Crippen MR) is 125 cm³/mol. The molecule has 0 heterocycles. The average Bonchev–Trinajstić information content (AvgIpc) is 3.14. The third-order valence-corrected chi connectivity index (χ3v) is 6.37. The predicted octanol–water partition coefficient (Wildman–Crippen LogP) is 5.17. The van der Waals surface area contributed by atoms with Gasteiger partial charge in [0.15, 0.2) is 5.54 Å². The van der Waals surface area contributed by atoms with Gasteiger partial charge in [0.2, 0.25) is 0 Å². The van der Waals surface area contributed by atoms with Gasteiger partial charge in [0.25, 0.3) is 0 Å². The number of carboxylic acids is 1. The molecule has 0 saturated heterocycles. The van der Waals surface area contributed by atoms with E-state index in [0.717, 1.165) is 22.3 Å².